The van der Waals surface area contributed by atoms with E-state index < -0.39 is 6.04 Å². The first-order valence-corrected chi connectivity index (χ1v) is 10.8. The van der Waals surface area contributed by atoms with E-state index in [9.17, 15) is 14.4 Å². The van der Waals surface area contributed by atoms with E-state index in [4.69, 9.17) is 10.5 Å². The summed E-state index contributed by atoms with van der Waals surface area (Å²) in [5.41, 5.74) is 9.09. The molecule has 4 heterocycles. The van der Waals surface area contributed by atoms with Gasteiger partial charge in [0.25, 0.3) is 5.91 Å². The topological polar surface area (TPSA) is 105 Å². The molecule has 4 aliphatic heterocycles. The van der Waals surface area contributed by atoms with Crippen LogP contribution in [0.2, 0.25) is 0 Å². The molecule has 8 heteroatoms. The third-order valence-electron chi connectivity index (χ3n) is 7.35. The van der Waals surface area contributed by atoms with Gasteiger partial charge in [-0.3, -0.25) is 24.6 Å². The number of carbonyl (C=O) groups excluding carboxylic acids is 3. The van der Waals surface area contributed by atoms with Gasteiger partial charge in [0, 0.05) is 56.1 Å². The fourth-order valence-corrected chi connectivity index (χ4v) is 5.60. The molecular weight excluding hydrogens is 384 g/mol. The van der Waals surface area contributed by atoms with Gasteiger partial charge in [0.1, 0.15) is 6.04 Å². The SMILES string of the molecule is NC[C@@]12CCOC[C@@H]1CN(Cc1ccc3c(c1)CN(C1CCC(=O)NC1=O)C3=O)C2. The van der Waals surface area contributed by atoms with Crippen LogP contribution in [0.1, 0.15) is 40.7 Å². The van der Waals surface area contributed by atoms with Gasteiger partial charge in [0.2, 0.25) is 11.8 Å². The Morgan fingerprint density at radius 2 is 2.13 bits per heavy atom. The maximum absolute atomic E-state index is 12.9. The lowest BCUT2D eigenvalue weighted by Crippen LogP contribution is -2.52. The highest BCUT2D eigenvalue weighted by atomic mass is 16.5. The van der Waals surface area contributed by atoms with Crippen LogP contribution in [0.15, 0.2) is 18.2 Å². The van der Waals surface area contributed by atoms with Crippen LogP contribution in [0, 0.1) is 11.3 Å². The van der Waals surface area contributed by atoms with E-state index in [0.717, 1.165) is 44.8 Å². The Balaban J connectivity index is 1.29. The third-order valence-corrected chi connectivity index (χ3v) is 7.35. The van der Waals surface area contributed by atoms with Crippen molar-refractivity contribution in [2.24, 2.45) is 17.1 Å². The van der Waals surface area contributed by atoms with E-state index in [2.05, 4.69) is 16.3 Å². The molecule has 0 aliphatic carbocycles. The zero-order chi connectivity index (χ0) is 20.9. The van der Waals surface area contributed by atoms with Crippen molar-refractivity contribution >= 4 is 17.7 Å². The quantitative estimate of drug-likeness (QED) is 0.687. The highest BCUT2D eigenvalue weighted by molar-refractivity contribution is 6.05. The molecule has 0 bridgehead atoms. The number of nitrogens with one attached hydrogen (secondary N) is 1. The number of likely N-dealkylation sites (tertiary alicyclic amines) is 1. The second kappa shape index (κ2) is 7.44. The van der Waals surface area contributed by atoms with Crippen LogP contribution in [-0.2, 0) is 27.4 Å². The molecule has 0 spiro atoms. The molecule has 3 amide bonds. The molecule has 30 heavy (non-hydrogen) atoms. The van der Waals surface area contributed by atoms with Crippen LogP contribution in [0.3, 0.4) is 0 Å². The normalized spacial score (nSPS) is 31.6. The van der Waals surface area contributed by atoms with Crippen molar-refractivity contribution < 1.29 is 19.1 Å². The summed E-state index contributed by atoms with van der Waals surface area (Å²) in [7, 11) is 0. The Bertz CT molecular complexity index is 903. The van der Waals surface area contributed by atoms with Crippen molar-refractivity contribution in [3.05, 3.63) is 34.9 Å². The molecule has 5 rings (SSSR count). The molecule has 3 N–H and O–H groups in total. The zero-order valence-corrected chi connectivity index (χ0v) is 17.1. The number of rotatable bonds is 4. The number of imide groups is 1. The number of piperidine rings is 1. The standard InChI is InChI=1S/C22H28N4O4/c23-12-22-5-6-30-11-16(22)10-25(13-22)8-14-1-2-17-15(7-14)9-26(21(17)29)18-3-4-19(27)24-20(18)28/h1-2,7,16,18H,3-6,8-13,23H2,(H,24,27,28)/t16-,18?,22+/m0/s1. The summed E-state index contributed by atoms with van der Waals surface area (Å²) in [5.74, 6) is -0.288. The Morgan fingerprint density at radius 3 is 2.90 bits per heavy atom. The third kappa shape index (κ3) is 3.23. The number of nitrogens with two attached hydrogens (primary N) is 1. The van der Waals surface area contributed by atoms with Gasteiger partial charge in [-0.25, -0.2) is 0 Å². The average molecular weight is 412 g/mol. The van der Waals surface area contributed by atoms with Crippen molar-refractivity contribution in [2.45, 2.75) is 38.4 Å². The Kier molecular flexibility index (Phi) is 4.88. The van der Waals surface area contributed by atoms with Crippen molar-refractivity contribution in [3.63, 3.8) is 0 Å². The smallest absolute Gasteiger partial charge is 0.255 e. The summed E-state index contributed by atoms with van der Waals surface area (Å²) in [6.07, 6.45) is 1.67. The van der Waals surface area contributed by atoms with Crippen LogP contribution in [0.25, 0.3) is 0 Å². The van der Waals surface area contributed by atoms with E-state index in [1.165, 1.54) is 5.56 Å². The zero-order valence-electron chi connectivity index (χ0n) is 17.1. The largest absolute Gasteiger partial charge is 0.381 e. The predicted octanol–water partition coefficient (Wildman–Crippen LogP) is 0.245. The van der Waals surface area contributed by atoms with Crippen molar-refractivity contribution in [1.29, 1.82) is 0 Å². The van der Waals surface area contributed by atoms with Gasteiger partial charge in [-0.1, -0.05) is 12.1 Å². The molecule has 160 valence electrons. The Morgan fingerprint density at radius 1 is 1.27 bits per heavy atom. The summed E-state index contributed by atoms with van der Waals surface area (Å²) in [4.78, 5) is 40.5. The maximum Gasteiger partial charge on any atom is 0.255 e. The number of ether oxygens (including phenoxy) is 1. The van der Waals surface area contributed by atoms with Gasteiger partial charge < -0.3 is 15.4 Å². The number of carbonyl (C=O) groups is 3. The molecule has 0 saturated carbocycles. The highest BCUT2D eigenvalue weighted by Gasteiger charge is 2.47. The minimum Gasteiger partial charge on any atom is -0.381 e. The Hall–Kier alpha value is -2.29. The second-order valence-corrected chi connectivity index (χ2v) is 9.15. The number of benzene rings is 1. The fraction of sp³-hybridized carbons (Fsp3) is 0.591. The first-order chi connectivity index (χ1) is 14.5. The predicted molar refractivity (Wildman–Crippen MR) is 108 cm³/mol. The molecule has 1 unspecified atom stereocenters. The van der Waals surface area contributed by atoms with Crippen LogP contribution in [-0.4, -0.2) is 66.4 Å². The molecular formula is C22H28N4O4. The lowest BCUT2D eigenvalue weighted by Gasteiger charge is -2.37. The molecule has 4 aliphatic rings. The van der Waals surface area contributed by atoms with E-state index in [0.29, 0.717) is 31.0 Å². The lowest BCUT2D eigenvalue weighted by molar-refractivity contribution is -0.136. The van der Waals surface area contributed by atoms with Crippen LogP contribution in [0.5, 0.6) is 0 Å². The maximum atomic E-state index is 12.9. The molecule has 0 radical (unpaired) electrons. The molecule has 3 saturated heterocycles. The van der Waals surface area contributed by atoms with Crippen LogP contribution < -0.4 is 11.1 Å². The Labute approximate surface area is 175 Å². The van der Waals surface area contributed by atoms with E-state index in [1.54, 1.807) is 4.90 Å². The summed E-state index contributed by atoms with van der Waals surface area (Å²) in [5, 5.41) is 2.35. The first-order valence-electron chi connectivity index (χ1n) is 10.8. The monoisotopic (exact) mass is 412 g/mol. The summed E-state index contributed by atoms with van der Waals surface area (Å²) < 4.78 is 5.69. The number of fused-ring (bicyclic) bond motifs is 2. The van der Waals surface area contributed by atoms with Gasteiger partial charge in [-0.15, -0.1) is 0 Å². The average Bonchev–Trinajstić information content (AvgIpc) is 3.25. The molecule has 3 fully saturated rings. The molecule has 1 aromatic carbocycles. The van der Waals surface area contributed by atoms with Gasteiger partial charge in [0.05, 0.1) is 6.61 Å². The number of hydrogen-bond donors (Lipinski definition) is 2. The van der Waals surface area contributed by atoms with Gasteiger partial charge in [0.15, 0.2) is 0 Å². The lowest BCUT2D eigenvalue weighted by atomic mass is 9.74. The van der Waals surface area contributed by atoms with Crippen molar-refractivity contribution in [3.8, 4) is 0 Å². The summed E-state index contributed by atoms with van der Waals surface area (Å²) in [6, 6.07) is 5.41. The summed E-state index contributed by atoms with van der Waals surface area (Å²) >= 11 is 0. The number of nitrogens with zero attached hydrogens (tertiary/aromatic N) is 2. The number of amides is 3. The summed E-state index contributed by atoms with van der Waals surface area (Å²) in [6.45, 7) is 5.46. The van der Waals surface area contributed by atoms with Crippen molar-refractivity contribution in [2.75, 3.05) is 32.8 Å². The van der Waals surface area contributed by atoms with Crippen molar-refractivity contribution in [1.82, 2.24) is 15.1 Å². The highest BCUT2D eigenvalue weighted by Crippen LogP contribution is 2.41. The molecule has 3 atom stereocenters. The van der Waals surface area contributed by atoms with Crippen LogP contribution >= 0.6 is 0 Å². The van der Waals surface area contributed by atoms with E-state index in [-0.39, 0.29) is 29.6 Å². The second-order valence-electron chi connectivity index (χ2n) is 9.15. The van der Waals surface area contributed by atoms with E-state index in [1.807, 2.05) is 12.1 Å². The minimum absolute atomic E-state index is 0.127. The number of hydrogen-bond acceptors (Lipinski definition) is 6. The van der Waals surface area contributed by atoms with Gasteiger partial charge in [-0.05, 0) is 36.6 Å². The van der Waals surface area contributed by atoms with Gasteiger partial charge >= 0.3 is 0 Å². The molecule has 0 aromatic heterocycles. The fourth-order valence-electron chi connectivity index (χ4n) is 5.60. The van der Waals surface area contributed by atoms with E-state index >= 15 is 0 Å². The van der Waals surface area contributed by atoms with Crippen LogP contribution in [0.4, 0.5) is 0 Å². The first kappa shape index (κ1) is 19.7. The minimum atomic E-state index is -0.572. The van der Waals surface area contributed by atoms with Gasteiger partial charge in [-0.2, -0.15) is 0 Å². The molecule has 8 nitrogen and oxygen atoms in total. The molecule has 1 aromatic rings.